The van der Waals surface area contributed by atoms with Gasteiger partial charge in [0.1, 0.15) is 19.3 Å². The predicted octanol–water partition coefficient (Wildman–Crippen LogP) is 13.9. The van der Waals surface area contributed by atoms with E-state index in [1.54, 1.807) is 0 Å². The number of hydrogen-bond donors (Lipinski definition) is 2. The predicted molar refractivity (Wildman–Crippen MR) is 249 cm³/mol. The molecule has 0 heterocycles. The summed E-state index contributed by atoms with van der Waals surface area (Å²) in [4.78, 5) is 37.2. The average Bonchev–Trinajstić information content (AvgIpc) is 3.18. The first kappa shape index (κ1) is 57.5. The normalized spacial score (nSPS) is 14.2. The van der Waals surface area contributed by atoms with E-state index >= 15 is 0 Å². The van der Waals surface area contributed by atoms with Gasteiger partial charge in [-0.15, -0.1) is 0 Å². The molecule has 9 nitrogen and oxygen atoms in total. The Labute approximate surface area is 364 Å². The third-order valence-corrected chi connectivity index (χ3v) is 11.9. The number of nitrogens with zero attached hydrogens (tertiary/aromatic N) is 1. The van der Waals surface area contributed by atoms with Crippen LogP contribution in [-0.2, 0) is 27.9 Å². The maximum atomic E-state index is 13.4. The molecule has 0 spiro atoms. The number of quaternary nitrogens is 1. The van der Waals surface area contributed by atoms with Crippen LogP contribution in [0.4, 0.5) is 0 Å². The van der Waals surface area contributed by atoms with Crippen molar-refractivity contribution < 1.29 is 37.3 Å². The molecule has 0 saturated carbocycles. The molecule has 0 bridgehead atoms. The first-order valence-electron chi connectivity index (χ1n) is 24.7. The number of nitrogens with one attached hydrogen (secondary N) is 1. The van der Waals surface area contributed by atoms with Crippen LogP contribution in [0, 0.1) is 0 Å². The van der Waals surface area contributed by atoms with E-state index in [0.29, 0.717) is 17.4 Å². The van der Waals surface area contributed by atoms with E-state index < -0.39 is 20.0 Å². The largest absolute Gasteiger partial charge is 0.472 e. The van der Waals surface area contributed by atoms with Crippen LogP contribution in [0.25, 0.3) is 0 Å². The van der Waals surface area contributed by atoms with Gasteiger partial charge in [0.25, 0.3) is 0 Å². The molecule has 0 rings (SSSR count). The highest BCUT2D eigenvalue weighted by atomic mass is 31.2. The molecule has 348 valence electrons. The van der Waals surface area contributed by atoms with Crippen molar-refractivity contribution in [1.82, 2.24) is 5.32 Å². The van der Waals surface area contributed by atoms with Crippen LogP contribution in [0.5, 0.6) is 0 Å². The Hall–Kier alpha value is -1.51. The number of likely N-dealkylation sites (N-methyl/N-ethyl adjacent to an activating group) is 1. The van der Waals surface area contributed by atoms with Gasteiger partial charge in [-0.25, -0.2) is 4.57 Å². The minimum absolute atomic E-state index is 0.0415. The van der Waals surface area contributed by atoms with Crippen LogP contribution in [0.2, 0.25) is 0 Å². The number of phosphoric ester groups is 1. The lowest BCUT2D eigenvalue weighted by Gasteiger charge is -2.27. The third kappa shape index (κ3) is 41.6. The number of phosphoric acid groups is 1. The molecule has 0 aliphatic heterocycles. The summed E-state index contributed by atoms with van der Waals surface area (Å²) in [6.07, 6.45) is 43.1. The second kappa shape index (κ2) is 40.6. The molecular weight excluding hydrogens is 760 g/mol. The third-order valence-electron chi connectivity index (χ3n) is 10.9. The van der Waals surface area contributed by atoms with Crippen molar-refractivity contribution in [3.8, 4) is 0 Å². The molecule has 0 saturated heterocycles. The number of esters is 1. The lowest BCUT2D eigenvalue weighted by Crippen LogP contribution is -2.47. The number of carbonyl (C=O) groups excluding carboxylic acids is 2. The molecule has 0 aromatic heterocycles. The molecule has 0 aromatic rings. The summed E-state index contributed by atoms with van der Waals surface area (Å²) in [5.74, 6) is -0.514. The standard InChI is InChI=1S/C49H95N2O7P/c1-7-10-13-16-19-22-25-28-31-34-37-40-47(58-49(53)42-39-36-33-30-27-24-21-18-15-12-9-3)46(45-57-59(54,55)56-44-43-51(4,5)6)50-48(52)41-38-35-32-29-26-23-20-17-14-11-8-2/h18,21,37,40,46-47H,7-17,19-20,22-36,38-39,41-45H2,1-6H3,(H-,50,52,54,55)/p+1/b21-18-,40-37+. The van der Waals surface area contributed by atoms with E-state index in [-0.39, 0.29) is 31.5 Å². The van der Waals surface area contributed by atoms with E-state index in [2.05, 4.69) is 38.2 Å². The molecule has 10 heteroatoms. The first-order chi connectivity index (χ1) is 28.4. The summed E-state index contributed by atoms with van der Waals surface area (Å²) in [5, 5.41) is 3.02. The SMILES string of the molecule is CCCC/C=C\CCCCCCCC(=O)OC(/C=C/CCCCCCCCCCC)C(COP(=O)(O)OCC[N+](C)(C)C)NC(=O)CCCCCCCCCCCCC. The zero-order valence-electron chi connectivity index (χ0n) is 39.5. The molecule has 3 atom stereocenters. The summed E-state index contributed by atoms with van der Waals surface area (Å²) in [7, 11) is 1.50. The van der Waals surface area contributed by atoms with Gasteiger partial charge in [-0.3, -0.25) is 18.6 Å². The second-order valence-corrected chi connectivity index (χ2v) is 19.4. The second-order valence-electron chi connectivity index (χ2n) is 18.0. The molecule has 0 fully saturated rings. The van der Waals surface area contributed by atoms with Gasteiger partial charge >= 0.3 is 13.8 Å². The fourth-order valence-electron chi connectivity index (χ4n) is 6.98. The Morgan fingerprint density at radius 1 is 0.576 bits per heavy atom. The molecule has 59 heavy (non-hydrogen) atoms. The number of carbonyl (C=O) groups is 2. The Balaban J connectivity index is 5.47. The van der Waals surface area contributed by atoms with Gasteiger partial charge in [0, 0.05) is 12.8 Å². The Kier molecular flexibility index (Phi) is 39.5. The molecule has 2 N–H and O–H groups in total. The maximum absolute atomic E-state index is 13.4. The monoisotopic (exact) mass is 856 g/mol. The fraction of sp³-hybridized carbons (Fsp3) is 0.878. The van der Waals surface area contributed by atoms with Crippen LogP contribution in [0.3, 0.4) is 0 Å². The summed E-state index contributed by atoms with van der Waals surface area (Å²) in [6, 6.07) is -0.841. The quantitative estimate of drug-likeness (QED) is 0.0206. The van der Waals surface area contributed by atoms with Gasteiger partial charge in [-0.2, -0.15) is 0 Å². The molecule has 3 unspecified atom stereocenters. The number of rotatable bonds is 44. The number of amides is 1. The van der Waals surface area contributed by atoms with E-state index in [1.807, 2.05) is 33.3 Å². The van der Waals surface area contributed by atoms with Gasteiger partial charge < -0.3 is 19.4 Å². The van der Waals surface area contributed by atoms with Crippen LogP contribution < -0.4 is 5.32 Å². The maximum Gasteiger partial charge on any atom is 0.472 e. The number of allylic oxidation sites excluding steroid dienone is 3. The molecule has 1 amide bonds. The van der Waals surface area contributed by atoms with Crippen LogP contribution in [0.1, 0.15) is 226 Å². The minimum atomic E-state index is -4.43. The van der Waals surface area contributed by atoms with Crippen LogP contribution in [0.15, 0.2) is 24.3 Å². The van der Waals surface area contributed by atoms with Gasteiger partial charge in [-0.1, -0.05) is 187 Å². The summed E-state index contributed by atoms with van der Waals surface area (Å²) >= 11 is 0. The molecule has 0 radical (unpaired) electrons. The lowest BCUT2D eigenvalue weighted by atomic mass is 10.0. The topological polar surface area (TPSA) is 111 Å². The molecule has 0 aromatic carbocycles. The number of unbranched alkanes of at least 4 members (excludes halogenated alkanes) is 26. The fourth-order valence-corrected chi connectivity index (χ4v) is 7.71. The van der Waals surface area contributed by atoms with E-state index in [1.165, 1.54) is 109 Å². The average molecular weight is 856 g/mol. The summed E-state index contributed by atoms with van der Waals surface area (Å²) < 4.78 is 30.4. The first-order valence-corrected chi connectivity index (χ1v) is 26.2. The minimum Gasteiger partial charge on any atom is -0.456 e. The summed E-state index contributed by atoms with van der Waals surface area (Å²) in [5.41, 5.74) is 0. The Morgan fingerprint density at radius 2 is 1.00 bits per heavy atom. The highest BCUT2D eigenvalue weighted by Crippen LogP contribution is 2.43. The van der Waals surface area contributed by atoms with Gasteiger partial charge in [0.2, 0.25) is 5.91 Å². The van der Waals surface area contributed by atoms with Crippen molar-refractivity contribution >= 4 is 19.7 Å². The van der Waals surface area contributed by atoms with Crippen molar-refractivity contribution in [2.24, 2.45) is 0 Å². The summed E-state index contributed by atoms with van der Waals surface area (Å²) in [6.45, 7) is 6.94. The van der Waals surface area contributed by atoms with Crippen molar-refractivity contribution in [2.75, 3.05) is 40.9 Å². The van der Waals surface area contributed by atoms with Gasteiger partial charge in [0.15, 0.2) is 0 Å². The Bertz CT molecular complexity index is 1080. The number of ether oxygens (including phenoxy) is 1. The number of hydrogen-bond acceptors (Lipinski definition) is 6. The highest BCUT2D eigenvalue weighted by molar-refractivity contribution is 7.47. The van der Waals surface area contributed by atoms with E-state index in [4.69, 9.17) is 13.8 Å². The van der Waals surface area contributed by atoms with Crippen molar-refractivity contribution in [3.05, 3.63) is 24.3 Å². The zero-order chi connectivity index (χ0) is 43.7. The van der Waals surface area contributed by atoms with Crippen molar-refractivity contribution in [1.29, 1.82) is 0 Å². The molecule has 0 aliphatic carbocycles. The van der Waals surface area contributed by atoms with Crippen LogP contribution >= 0.6 is 7.82 Å². The van der Waals surface area contributed by atoms with E-state index in [0.717, 1.165) is 83.5 Å². The van der Waals surface area contributed by atoms with Crippen molar-refractivity contribution in [2.45, 2.75) is 238 Å². The van der Waals surface area contributed by atoms with Crippen molar-refractivity contribution in [3.63, 3.8) is 0 Å². The Morgan fingerprint density at radius 3 is 1.49 bits per heavy atom. The smallest absolute Gasteiger partial charge is 0.456 e. The van der Waals surface area contributed by atoms with E-state index in [9.17, 15) is 19.0 Å². The van der Waals surface area contributed by atoms with Gasteiger partial charge in [-0.05, 0) is 51.0 Å². The lowest BCUT2D eigenvalue weighted by molar-refractivity contribution is -0.870. The van der Waals surface area contributed by atoms with Gasteiger partial charge in [0.05, 0.1) is 33.8 Å². The molecule has 0 aliphatic rings. The zero-order valence-corrected chi connectivity index (χ0v) is 40.4. The molecular formula is C49H96N2O7P+. The highest BCUT2D eigenvalue weighted by Gasteiger charge is 2.30. The van der Waals surface area contributed by atoms with Crippen LogP contribution in [-0.4, -0.2) is 74.3 Å².